The first kappa shape index (κ1) is 18.1. The van der Waals surface area contributed by atoms with Crippen LogP contribution < -0.4 is 16.0 Å². The zero-order valence-electron chi connectivity index (χ0n) is 16.6. The molecule has 2 aromatic heterocycles. The molecule has 0 unspecified atom stereocenters. The Hall–Kier alpha value is -4.00. The molecule has 1 aliphatic carbocycles. The molecule has 0 saturated carbocycles. The van der Waals surface area contributed by atoms with E-state index in [9.17, 15) is 14.4 Å². The zero-order valence-corrected chi connectivity index (χ0v) is 16.6. The average molecular weight is 399 g/mol. The largest absolute Gasteiger partial charge is 0.497 e. The van der Waals surface area contributed by atoms with Gasteiger partial charge in [0.25, 0.3) is 5.56 Å². The number of pyridine rings is 1. The Morgan fingerprint density at radius 1 is 0.867 bits per heavy atom. The van der Waals surface area contributed by atoms with E-state index in [2.05, 4.69) is 4.98 Å². The van der Waals surface area contributed by atoms with E-state index in [4.69, 9.17) is 4.74 Å². The van der Waals surface area contributed by atoms with Crippen LogP contribution in [-0.2, 0) is 14.1 Å². The van der Waals surface area contributed by atoms with E-state index in [-0.39, 0.29) is 16.8 Å². The van der Waals surface area contributed by atoms with Gasteiger partial charge in [-0.2, -0.15) is 0 Å². The van der Waals surface area contributed by atoms with Gasteiger partial charge in [-0.15, -0.1) is 0 Å². The second-order valence-corrected chi connectivity index (χ2v) is 7.22. The molecule has 30 heavy (non-hydrogen) atoms. The molecule has 0 radical (unpaired) electrons. The number of carbonyl (C=O) groups excluding carboxylic acids is 1. The highest BCUT2D eigenvalue weighted by Crippen LogP contribution is 2.43. The molecule has 2 aromatic carbocycles. The topological polar surface area (TPSA) is 83.2 Å². The number of carbonyl (C=O) groups is 1. The van der Waals surface area contributed by atoms with Crippen molar-refractivity contribution in [3.63, 3.8) is 0 Å². The molecule has 0 saturated heterocycles. The van der Waals surface area contributed by atoms with Crippen molar-refractivity contribution in [2.75, 3.05) is 7.11 Å². The smallest absolute Gasteiger partial charge is 0.332 e. The summed E-state index contributed by atoms with van der Waals surface area (Å²) in [6, 6.07) is 14.4. The molecule has 2 heterocycles. The Morgan fingerprint density at radius 3 is 2.33 bits per heavy atom. The number of ether oxygens (including phenoxy) is 1. The standard InChI is InChI=1S/C23H17N3O4/c1-25-21-18(22(28)26(2)23(25)29)16(12-7-6-8-13(11-12)30-3)17-19(24-21)14-9-4-5-10-15(14)20(17)27/h4-11H,1-3H3. The highest BCUT2D eigenvalue weighted by molar-refractivity contribution is 6.26. The van der Waals surface area contributed by atoms with Crippen molar-refractivity contribution in [2.24, 2.45) is 14.1 Å². The molecule has 0 fully saturated rings. The van der Waals surface area contributed by atoms with Crippen LogP contribution in [0.15, 0.2) is 58.1 Å². The minimum absolute atomic E-state index is 0.191. The first-order valence-electron chi connectivity index (χ1n) is 9.36. The van der Waals surface area contributed by atoms with Gasteiger partial charge in [0.2, 0.25) is 0 Å². The first-order chi connectivity index (χ1) is 14.4. The maximum atomic E-state index is 13.4. The Morgan fingerprint density at radius 2 is 1.60 bits per heavy atom. The molecule has 1 aliphatic rings. The third-order valence-electron chi connectivity index (χ3n) is 5.60. The average Bonchev–Trinajstić information content (AvgIpc) is 3.07. The van der Waals surface area contributed by atoms with Gasteiger partial charge in [-0.1, -0.05) is 36.4 Å². The Labute approximate surface area is 170 Å². The molecular formula is C23H17N3O4. The van der Waals surface area contributed by atoms with Crippen molar-refractivity contribution in [1.82, 2.24) is 14.1 Å². The van der Waals surface area contributed by atoms with Crippen LogP contribution in [0.1, 0.15) is 15.9 Å². The van der Waals surface area contributed by atoms with Crippen LogP contribution >= 0.6 is 0 Å². The number of fused-ring (bicyclic) bond motifs is 4. The van der Waals surface area contributed by atoms with Gasteiger partial charge in [0, 0.05) is 30.8 Å². The molecule has 0 amide bonds. The maximum Gasteiger partial charge on any atom is 0.332 e. The molecule has 5 rings (SSSR count). The fourth-order valence-electron chi connectivity index (χ4n) is 4.09. The lowest BCUT2D eigenvalue weighted by Crippen LogP contribution is -2.37. The maximum absolute atomic E-state index is 13.4. The van der Waals surface area contributed by atoms with Gasteiger partial charge in [-0.25, -0.2) is 9.78 Å². The minimum Gasteiger partial charge on any atom is -0.497 e. The van der Waals surface area contributed by atoms with E-state index in [0.29, 0.717) is 39.3 Å². The number of nitrogens with zero attached hydrogens (tertiary/aromatic N) is 3. The summed E-state index contributed by atoms with van der Waals surface area (Å²) in [6.07, 6.45) is 0. The molecule has 7 heteroatoms. The number of methoxy groups -OCH3 is 1. The Balaban J connectivity index is 2.06. The van der Waals surface area contributed by atoms with Crippen molar-refractivity contribution in [2.45, 2.75) is 0 Å². The monoisotopic (exact) mass is 399 g/mol. The number of aromatic nitrogens is 3. The fraction of sp³-hybridized carbons (Fsp3) is 0.130. The van der Waals surface area contributed by atoms with Crippen LogP contribution in [0.4, 0.5) is 0 Å². The van der Waals surface area contributed by atoms with Gasteiger partial charge in [-0.3, -0.25) is 18.7 Å². The summed E-state index contributed by atoms with van der Waals surface area (Å²) in [4.78, 5) is 43.8. The third-order valence-corrected chi connectivity index (χ3v) is 5.60. The summed E-state index contributed by atoms with van der Waals surface area (Å²) in [5, 5.41) is 0.229. The number of rotatable bonds is 2. The van der Waals surface area contributed by atoms with Crippen molar-refractivity contribution >= 4 is 16.8 Å². The zero-order chi connectivity index (χ0) is 21.2. The van der Waals surface area contributed by atoms with E-state index in [1.54, 1.807) is 44.5 Å². The summed E-state index contributed by atoms with van der Waals surface area (Å²) in [5.74, 6) is 0.402. The predicted molar refractivity (Wildman–Crippen MR) is 113 cm³/mol. The molecule has 0 bridgehead atoms. The third kappa shape index (κ3) is 2.26. The summed E-state index contributed by atoms with van der Waals surface area (Å²) in [5.41, 5.74) is 2.44. The van der Waals surface area contributed by atoms with Crippen molar-refractivity contribution in [1.29, 1.82) is 0 Å². The van der Waals surface area contributed by atoms with Gasteiger partial charge in [0.15, 0.2) is 11.4 Å². The number of aryl methyl sites for hydroxylation is 1. The predicted octanol–water partition coefficient (Wildman–Crippen LogP) is 2.52. The van der Waals surface area contributed by atoms with Crippen LogP contribution in [0.5, 0.6) is 5.75 Å². The highest BCUT2D eigenvalue weighted by Gasteiger charge is 2.34. The molecule has 0 atom stereocenters. The van der Waals surface area contributed by atoms with Crippen molar-refractivity contribution < 1.29 is 9.53 Å². The SMILES string of the molecule is COc1cccc(-c2c3c(nc4c2c(=O)n(C)c(=O)n4C)-c2ccccc2C3=O)c1. The second kappa shape index (κ2) is 6.25. The van der Waals surface area contributed by atoms with Crippen molar-refractivity contribution in [3.8, 4) is 28.1 Å². The summed E-state index contributed by atoms with van der Waals surface area (Å²) >= 11 is 0. The van der Waals surface area contributed by atoms with Crippen LogP contribution in [0.2, 0.25) is 0 Å². The van der Waals surface area contributed by atoms with Gasteiger partial charge in [-0.05, 0) is 17.7 Å². The molecule has 0 N–H and O–H groups in total. The lowest BCUT2D eigenvalue weighted by atomic mass is 9.95. The Kier molecular flexibility index (Phi) is 3.76. The van der Waals surface area contributed by atoms with E-state index < -0.39 is 11.2 Å². The summed E-state index contributed by atoms with van der Waals surface area (Å²) < 4.78 is 7.73. The van der Waals surface area contributed by atoms with E-state index >= 15 is 0 Å². The van der Waals surface area contributed by atoms with Gasteiger partial charge in [0.1, 0.15) is 5.75 Å². The van der Waals surface area contributed by atoms with Gasteiger partial charge in [0.05, 0.1) is 23.8 Å². The molecule has 0 aliphatic heterocycles. The normalized spacial score (nSPS) is 12.2. The molecular weight excluding hydrogens is 382 g/mol. The minimum atomic E-state index is -0.495. The van der Waals surface area contributed by atoms with Gasteiger partial charge < -0.3 is 4.74 Å². The number of hydrogen-bond acceptors (Lipinski definition) is 5. The molecule has 0 spiro atoms. The molecule has 7 nitrogen and oxygen atoms in total. The first-order valence-corrected chi connectivity index (χ1v) is 9.36. The summed E-state index contributed by atoms with van der Waals surface area (Å²) in [7, 11) is 4.54. The number of benzene rings is 2. The van der Waals surface area contributed by atoms with Crippen LogP contribution in [0.3, 0.4) is 0 Å². The number of ketones is 1. The molecule has 148 valence electrons. The van der Waals surface area contributed by atoms with Crippen LogP contribution in [0, 0.1) is 0 Å². The van der Waals surface area contributed by atoms with E-state index in [0.717, 1.165) is 4.57 Å². The molecule has 4 aromatic rings. The Bertz CT molecular complexity index is 1510. The van der Waals surface area contributed by atoms with Crippen molar-refractivity contribution in [3.05, 3.63) is 80.5 Å². The van der Waals surface area contributed by atoms with E-state index in [1.807, 2.05) is 18.2 Å². The lowest BCUT2D eigenvalue weighted by Gasteiger charge is -2.15. The van der Waals surface area contributed by atoms with Crippen LogP contribution in [-0.4, -0.2) is 27.0 Å². The fourth-order valence-corrected chi connectivity index (χ4v) is 4.09. The van der Waals surface area contributed by atoms with Gasteiger partial charge >= 0.3 is 5.69 Å². The number of hydrogen-bond donors (Lipinski definition) is 0. The van der Waals surface area contributed by atoms with E-state index in [1.165, 1.54) is 11.6 Å². The summed E-state index contributed by atoms with van der Waals surface area (Å²) in [6.45, 7) is 0. The second-order valence-electron chi connectivity index (χ2n) is 7.22. The lowest BCUT2D eigenvalue weighted by molar-refractivity contribution is 0.104. The quantitative estimate of drug-likeness (QED) is 0.456. The highest BCUT2D eigenvalue weighted by atomic mass is 16.5. The van der Waals surface area contributed by atoms with Crippen LogP contribution in [0.25, 0.3) is 33.4 Å².